The van der Waals surface area contributed by atoms with Crippen LogP contribution in [-0.4, -0.2) is 41.3 Å². The van der Waals surface area contributed by atoms with Crippen molar-refractivity contribution in [1.82, 2.24) is 0 Å². The smallest absolute Gasteiger partial charge is 0.303 e. The lowest BCUT2D eigenvalue weighted by Crippen LogP contribution is -2.32. The Kier molecular flexibility index (Phi) is 9.52. The van der Waals surface area contributed by atoms with Gasteiger partial charge in [-0.3, -0.25) is 9.59 Å². The van der Waals surface area contributed by atoms with E-state index in [9.17, 15) is 14.7 Å². The number of unbranched alkanes of at least 4 members (excludes halogenated alkanes) is 1. The molecule has 1 aliphatic carbocycles. The van der Waals surface area contributed by atoms with Crippen molar-refractivity contribution in [2.75, 3.05) is 13.2 Å². The third-order valence-corrected chi connectivity index (χ3v) is 4.63. The molecule has 0 saturated heterocycles. The van der Waals surface area contributed by atoms with Gasteiger partial charge in [-0.25, -0.2) is 0 Å². The number of aliphatic hydroxyl groups is 1. The Morgan fingerprint density at radius 1 is 1.38 bits per heavy atom. The molecule has 26 heavy (non-hydrogen) atoms. The lowest BCUT2D eigenvalue weighted by molar-refractivity contribution is -0.137. The van der Waals surface area contributed by atoms with E-state index in [1.807, 2.05) is 45.1 Å². The summed E-state index contributed by atoms with van der Waals surface area (Å²) in [4.78, 5) is 22.5. The van der Waals surface area contributed by atoms with E-state index in [0.717, 1.165) is 0 Å². The van der Waals surface area contributed by atoms with E-state index in [1.54, 1.807) is 12.2 Å². The third-order valence-electron chi connectivity index (χ3n) is 4.63. The average molecular weight is 364 g/mol. The second-order valence-corrected chi connectivity index (χ2v) is 7.39. The van der Waals surface area contributed by atoms with E-state index in [-0.39, 0.29) is 24.0 Å². The summed E-state index contributed by atoms with van der Waals surface area (Å²) >= 11 is 0. The lowest BCUT2D eigenvalue weighted by atomic mass is 9.85. The molecular formula is C21H32O5. The Balaban J connectivity index is 2.54. The largest absolute Gasteiger partial charge is 0.481 e. The molecule has 2 N–H and O–H groups in total. The van der Waals surface area contributed by atoms with Gasteiger partial charge >= 0.3 is 5.97 Å². The first-order valence-corrected chi connectivity index (χ1v) is 9.31. The van der Waals surface area contributed by atoms with E-state index in [4.69, 9.17) is 9.84 Å². The normalized spacial score (nSPS) is 21.9. The Hall–Kier alpha value is -1.72. The third kappa shape index (κ3) is 7.67. The predicted octanol–water partition coefficient (Wildman–Crippen LogP) is 3.54. The van der Waals surface area contributed by atoms with Crippen LogP contribution in [0.4, 0.5) is 0 Å². The topological polar surface area (TPSA) is 83.8 Å². The van der Waals surface area contributed by atoms with Gasteiger partial charge in [0.25, 0.3) is 0 Å². The number of carbonyl (C=O) groups is 2. The van der Waals surface area contributed by atoms with E-state index >= 15 is 0 Å². The minimum absolute atomic E-state index is 0.0243. The zero-order valence-electron chi connectivity index (χ0n) is 16.1. The van der Waals surface area contributed by atoms with E-state index in [0.29, 0.717) is 32.5 Å². The van der Waals surface area contributed by atoms with Crippen LogP contribution in [0.3, 0.4) is 0 Å². The van der Waals surface area contributed by atoms with Gasteiger partial charge in [0.1, 0.15) is 0 Å². The Labute approximate surface area is 156 Å². The zero-order chi connectivity index (χ0) is 19.6. The van der Waals surface area contributed by atoms with Crippen LogP contribution < -0.4 is 0 Å². The number of aliphatic hydroxyl groups excluding tert-OH is 1. The van der Waals surface area contributed by atoms with Gasteiger partial charge in [-0.05, 0) is 32.3 Å². The molecule has 0 saturated carbocycles. The summed E-state index contributed by atoms with van der Waals surface area (Å²) < 4.78 is 5.42. The van der Waals surface area contributed by atoms with Crippen molar-refractivity contribution in [1.29, 1.82) is 0 Å². The minimum atomic E-state index is -0.787. The second kappa shape index (κ2) is 11.1. The molecule has 0 aromatic carbocycles. The van der Waals surface area contributed by atoms with Crippen molar-refractivity contribution in [2.24, 2.45) is 17.3 Å². The van der Waals surface area contributed by atoms with Crippen LogP contribution in [0.5, 0.6) is 0 Å². The fourth-order valence-corrected chi connectivity index (χ4v) is 2.80. The predicted molar refractivity (Wildman–Crippen MR) is 102 cm³/mol. The summed E-state index contributed by atoms with van der Waals surface area (Å²) in [5.74, 6) is -0.865. The molecule has 0 aromatic rings. The standard InChI is InChI=1S/C21H32O5/c1-4-26-15-21(2,3)19(23)14-12-16-11-13-18(22)17(16)9-7-5-6-8-10-20(24)25/h5,7,11-14,16-17,19,23H,4,6,8-10,15H2,1-3H3,(H,24,25)/b7-5+,14-12+/t16-,17+,19+/m0/s1. The van der Waals surface area contributed by atoms with Crippen LogP contribution in [0.15, 0.2) is 36.5 Å². The number of aliphatic carboxylic acids is 1. The molecule has 0 heterocycles. The molecule has 1 rings (SSSR count). The van der Waals surface area contributed by atoms with E-state index < -0.39 is 17.5 Å². The van der Waals surface area contributed by atoms with Crippen molar-refractivity contribution in [3.63, 3.8) is 0 Å². The summed E-state index contributed by atoms with van der Waals surface area (Å²) in [6.45, 7) is 6.90. The number of hydrogen-bond donors (Lipinski definition) is 2. The summed E-state index contributed by atoms with van der Waals surface area (Å²) in [5.41, 5.74) is -0.390. The Bertz CT molecular complexity index is 545. The first-order chi connectivity index (χ1) is 12.3. The number of allylic oxidation sites excluding steroid dienone is 5. The van der Waals surface area contributed by atoms with Crippen LogP contribution in [0.25, 0.3) is 0 Å². The number of ether oxygens (including phenoxy) is 1. The van der Waals surface area contributed by atoms with Crippen LogP contribution >= 0.6 is 0 Å². The van der Waals surface area contributed by atoms with Crippen molar-refractivity contribution < 1.29 is 24.5 Å². The van der Waals surface area contributed by atoms with Gasteiger partial charge < -0.3 is 14.9 Å². The average Bonchev–Trinajstić information content (AvgIpc) is 2.93. The van der Waals surface area contributed by atoms with Gasteiger partial charge in [0.2, 0.25) is 0 Å². The summed E-state index contributed by atoms with van der Waals surface area (Å²) in [7, 11) is 0. The van der Waals surface area contributed by atoms with Crippen molar-refractivity contribution >= 4 is 11.8 Å². The minimum Gasteiger partial charge on any atom is -0.481 e. The maximum absolute atomic E-state index is 12.1. The lowest BCUT2D eigenvalue weighted by Gasteiger charge is -2.28. The van der Waals surface area contributed by atoms with Crippen molar-refractivity contribution in [2.45, 2.75) is 52.6 Å². The zero-order valence-corrected chi connectivity index (χ0v) is 16.1. The van der Waals surface area contributed by atoms with Gasteiger partial charge in [-0.15, -0.1) is 0 Å². The molecular weight excluding hydrogens is 332 g/mol. The molecule has 0 fully saturated rings. The highest BCUT2D eigenvalue weighted by Gasteiger charge is 2.29. The molecule has 3 atom stereocenters. The highest BCUT2D eigenvalue weighted by molar-refractivity contribution is 5.95. The maximum atomic E-state index is 12.1. The number of carboxylic acid groups (broad SMARTS) is 1. The highest BCUT2D eigenvalue weighted by atomic mass is 16.5. The van der Waals surface area contributed by atoms with Crippen LogP contribution in [-0.2, 0) is 14.3 Å². The molecule has 0 unspecified atom stereocenters. The molecule has 0 radical (unpaired) electrons. The molecule has 5 nitrogen and oxygen atoms in total. The van der Waals surface area contributed by atoms with E-state index in [1.165, 1.54) is 0 Å². The summed E-state index contributed by atoms with van der Waals surface area (Å²) in [6.07, 6.45) is 12.5. The van der Waals surface area contributed by atoms with E-state index in [2.05, 4.69) is 0 Å². The number of carboxylic acids is 1. The molecule has 146 valence electrons. The number of carbonyl (C=O) groups excluding carboxylic acids is 1. The fraction of sp³-hybridized carbons (Fsp3) is 0.619. The van der Waals surface area contributed by atoms with Gasteiger partial charge in [-0.2, -0.15) is 0 Å². The molecule has 0 spiro atoms. The van der Waals surface area contributed by atoms with Crippen LogP contribution in [0.2, 0.25) is 0 Å². The summed E-state index contributed by atoms with van der Waals surface area (Å²) in [6, 6.07) is 0. The summed E-state index contributed by atoms with van der Waals surface area (Å²) in [5, 5.41) is 19.0. The SMILES string of the molecule is CCOCC(C)(C)[C@H](O)/C=C/[C@@H]1C=CC(=O)[C@@H]1C/C=C/CCCC(=O)O. The quantitative estimate of drug-likeness (QED) is 0.409. The molecule has 0 aromatic heterocycles. The molecule has 0 bridgehead atoms. The van der Waals surface area contributed by atoms with Crippen LogP contribution in [0, 0.1) is 17.3 Å². The van der Waals surface area contributed by atoms with Crippen molar-refractivity contribution in [3.8, 4) is 0 Å². The number of rotatable bonds is 12. The van der Waals surface area contributed by atoms with Gasteiger partial charge in [0.05, 0.1) is 12.7 Å². The van der Waals surface area contributed by atoms with Crippen LogP contribution in [0.1, 0.15) is 46.5 Å². The first kappa shape index (κ1) is 22.3. The Morgan fingerprint density at radius 3 is 2.77 bits per heavy atom. The monoisotopic (exact) mass is 364 g/mol. The molecule has 0 aliphatic heterocycles. The second-order valence-electron chi connectivity index (χ2n) is 7.39. The molecule has 0 amide bonds. The van der Waals surface area contributed by atoms with Gasteiger partial charge in [0, 0.05) is 30.3 Å². The molecule has 1 aliphatic rings. The van der Waals surface area contributed by atoms with Gasteiger partial charge in [-0.1, -0.05) is 44.2 Å². The highest BCUT2D eigenvalue weighted by Crippen LogP contribution is 2.29. The fourth-order valence-electron chi connectivity index (χ4n) is 2.80. The molecule has 5 heteroatoms. The Morgan fingerprint density at radius 2 is 2.12 bits per heavy atom. The van der Waals surface area contributed by atoms with Crippen molar-refractivity contribution in [3.05, 3.63) is 36.5 Å². The number of hydrogen-bond acceptors (Lipinski definition) is 4. The maximum Gasteiger partial charge on any atom is 0.303 e. The van der Waals surface area contributed by atoms with Gasteiger partial charge in [0.15, 0.2) is 5.78 Å². The first-order valence-electron chi connectivity index (χ1n) is 9.31. The number of ketones is 1.